The first-order chi connectivity index (χ1) is 13.0. The van der Waals surface area contributed by atoms with E-state index >= 15 is 0 Å². The van der Waals surface area contributed by atoms with E-state index < -0.39 is 0 Å². The minimum atomic E-state index is 0. The maximum atomic E-state index is 5.74. The minimum Gasteiger partial charge on any atom is -0.444 e. The lowest BCUT2D eigenvalue weighted by atomic mass is 9.97. The normalized spacial score (nSPS) is 20.3. The number of rotatable bonds is 5. The quantitative estimate of drug-likeness (QED) is 0.376. The van der Waals surface area contributed by atoms with Crippen LogP contribution in [0, 0.1) is 25.7 Å². The van der Waals surface area contributed by atoms with E-state index in [2.05, 4.69) is 33.9 Å². The van der Waals surface area contributed by atoms with E-state index in [4.69, 9.17) is 9.41 Å². The van der Waals surface area contributed by atoms with E-state index in [1.54, 1.807) is 0 Å². The van der Waals surface area contributed by atoms with Crippen molar-refractivity contribution in [2.24, 2.45) is 16.8 Å². The summed E-state index contributed by atoms with van der Waals surface area (Å²) < 4.78 is 5.74. The number of aryl methyl sites for hydroxylation is 2. The van der Waals surface area contributed by atoms with Crippen molar-refractivity contribution in [3.63, 3.8) is 0 Å². The van der Waals surface area contributed by atoms with E-state index in [-0.39, 0.29) is 24.0 Å². The first kappa shape index (κ1) is 23.4. The van der Waals surface area contributed by atoms with Crippen molar-refractivity contribution in [1.29, 1.82) is 0 Å². The third-order valence-corrected chi connectivity index (χ3v) is 6.06. The fourth-order valence-electron chi connectivity index (χ4n) is 3.99. The smallest absolute Gasteiger partial charge is 0.208 e. The summed E-state index contributed by atoms with van der Waals surface area (Å²) in [6, 6.07) is 0. The fraction of sp³-hybridized carbons (Fsp3) is 0.810. The third-order valence-electron chi connectivity index (χ3n) is 6.06. The maximum absolute atomic E-state index is 5.74. The molecule has 2 aliphatic rings. The Morgan fingerprint density at radius 2 is 1.82 bits per heavy atom. The number of nitrogens with one attached hydrogen (secondary N) is 1. The Labute approximate surface area is 187 Å². The Hall–Kier alpha value is -0.830. The van der Waals surface area contributed by atoms with Crippen LogP contribution in [0.5, 0.6) is 0 Å². The zero-order chi connectivity index (χ0) is 19.2. The Kier molecular flexibility index (Phi) is 9.53. The van der Waals surface area contributed by atoms with Gasteiger partial charge in [-0.2, -0.15) is 0 Å². The average Bonchev–Trinajstić information content (AvgIpc) is 2.98. The van der Waals surface area contributed by atoms with Gasteiger partial charge in [0, 0.05) is 26.2 Å². The number of aliphatic imine (C=N–C) groups is 1. The zero-order valence-electron chi connectivity index (χ0n) is 18.0. The van der Waals surface area contributed by atoms with Crippen LogP contribution < -0.4 is 5.32 Å². The standard InChI is InChI=1S/C21H37N5O.HI/c1-5-22-21(26-12-6-16(2)7-13-26)23-14-19-8-10-25(11-9-19)15-20-24-17(3)18(4)27-20;/h16,19H,5-15H2,1-4H3,(H,22,23);1H. The number of aromatic nitrogens is 1. The molecule has 0 aliphatic carbocycles. The number of nitrogens with zero attached hydrogens (tertiary/aromatic N) is 4. The largest absolute Gasteiger partial charge is 0.444 e. The van der Waals surface area contributed by atoms with Crippen molar-refractivity contribution < 1.29 is 4.42 Å². The summed E-state index contributed by atoms with van der Waals surface area (Å²) in [5.41, 5.74) is 1.01. The number of piperidine rings is 2. The van der Waals surface area contributed by atoms with Gasteiger partial charge in [-0.1, -0.05) is 6.92 Å². The van der Waals surface area contributed by atoms with Crippen LogP contribution in [0.15, 0.2) is 9.41 Å². The van der Waals surface area contributed by atoms with Crippen molar-refractivity contribution in [3.05, 3.63) is 17.3 Å². The molecule has 0 unspecified atom stereocenters. The molecule has 2 fully saturated rings. The van der Waals surface area contributed by atoms with Crippen LogP contribution >= 0.6 is 24.0 Å². The van der Waals surface area contributed by atoms with E-state index in [0.717, 1.165) is 75.0 Å². The van der Waals surface area contributed by atoms with E-state index in [9.17, 15) is 0 Å². The first-order valence-electron chi connectivity index (χ1n) is 10.7. The zero-order valence-corrected chi connectivity index (χ0v) is 20.4. The van der Waals surface area contributed by atoms with Crippen LogP contribution in [0.2, 0.25) is 0 Å². The van der Waals surface area contributed by atoms with Gasteiger partial charge in [0.05, 0.1) is 12.2 Å². The molecule has 0 aromatic carbocycles. The highest BCUT2D eigenvalue weighted by Gasteiger charge is 2.22. The molecule has 7 heteroatoms. The van der Waals surface area contributed by atoms with Crippen LogP contribution in [0.25, 0.3) is 0 Å². The van der Waals surface area contributed by atoms with Crippen LogP contribution in [0.3, 0.4) is 0 Å². The molecular formula is C21H38IN5O. The molecular weight excluding hydrogens is 465 g/mol. The van der Waals surface area contributed by atoms with Gasteiger partial charge in [-0.05, 0) is 71.4 Å². The van der Waals surface area contributed by atoms with Crippen molar-refractivity contribution >= 4 is 29.9 Å². The van der Waals surface area contributed by atoms with Crippen molar-refractivity contribution in [2.75, 3.05) is 39.3 Å². The fourth-order valence-corrected chi connectivity index (χ4v) is 3.99. The second-order valence-electron chi connectivity index (χ2n) is 8.33. The van der Waals surface area contributed by atoms with Crippen molar-refractivity contribution in [1.82, 2.24) is 20.1 Å². The summed E-state index contributed by atoms with van der Waals surface area (Å²) in [5.74, 6) is 4.46. The van der Waals surface area contributed by atoms with Gasteiger partial charge >= 0.3 is 0 Å². The van der Waals surface area contributed by atoms with Crippen LogP contribution in [0.4, 0.5) is 0 Å². The Morgan fingerprint density at radius 3 is 2.39 bits per heavy atom. The molecule has 6 nitrogen and oxygen atoms in total. The lowest BCUT2D eigenvalue weighted by Gasteiger charge is -2.34. The van der Waals surface area contributed by atoms with E-state index in [0.29, 0.717) is 5.92 Å². The summed E-state index contributed by atoms with van der Waals surface area (Å²) in [6.45, 7) is 15.7. The van der Waals surface area contributed by atoms with Gasteiger partial charge in [0.2, 0.25) is 5.89 Å². The molecule has 160 valence electrons. The monoisotopic (exact) mass is 503 g/mol. The number of oxazole rings is 1. The molecule has 1 N–H and O–H groups in total. The highest BCUT2D eigenvalue weighted by molar-refractivity contribution is 14.0. The number of likely N-dealkylation sites (tertiary alicyclic amines) is 2. The average molecular weight is 503 g/mol. The van der Waals surface area contributed by atoms with E-state index in [1.165, 1.54) is 25.7 Å². The van der Waals surface area contributed by atoms with Gasteiger partial charge in [-0.15, -0.1) is 24.0 Å². The molecule has 1 aromatic heterocycles. The SMILES string of the molecule is CCNC(=NCC1CCN(Cc2nc(C)c(C)o2)CC1)N1CCC(C)CC1.I. The van der Waals surface area contributed by atoms with Gasteiger partial charge in [0.15, 0.2) is 5.96 Å². The van der Waals surface area contributed by atoms with Crippen LogP contribution in [-0.4, -0.2) is 60.0 Å². The summed E-state index contributed by atoms with van der Waals surface area (Å²) in [6.07, 6.45) is 4.97. The molecule has 0 radical (unpaired) electrons. The Morgan fingerprint density at radius 1 is 1.14 bits per heavy atom. The molecule has 2 aliphatic heterocycles. The molecule has 0 amide bonds. The summed E-state index contributed by atoms with van der Waals surface area (Å²) in [4.78, 5) is 14.4. The van der Waals surface area contributed by atoms with Gasteiger partial charge < -0.3 is 14.6 Å². The molecule has 1 aromatic rings. The van der Waals surface area contributed by atoms with Gasteiger partial charge in [-0.3, -0.25) is 9.89 Å². The van der Waals surface area contributed by atoms with Gasteiger partial charge in [-0.25, -0.2) is 4.98 Å². The highest BCUT2D eigenvalue weighted by Crippen LogP contribution is 2.21. The van der Waals surface area contributed by atoms with Crippen LogP contribution in [0.1, 0.15) is 56.9 Å². The Balaban J connectivity index is 0.00000280. The molecule has 0 bridgehead atoms. The molecule has 28 heavy (non-hydrogen) atoms. The predicted molar refractivity (Wildman–Crippen MR) is 125 cm³/mol. The van der Waals surface area contributed by atoms with E-state index in [1.807, 2.05) is 13.8 Å². The Bertz CT molecular complexity index is 597. The highest BCUT2D eigenvalue weighted by atomic mass is 127. The molecule has 3 rings (SSSR count). The van der Waals surface area contributed by atoms with Crippen molar-refractivity contribution in [3.8, 4) is 0 Å². The van der Waals surface area contributed by atoms with Gasteiger partial charge in [0.1, 0.15) is 5.76 Å². The second kappa shape index (κ2) is 11.4. The van der Waals surface area contributed by atoms with Crippen molar-refractivity contribution in [2.45, 2.75) is 59.9 Å². The lowest BCUT2D eigenvalue weighted by Crippen LogP contribution is -2.45. The lowest BCUT2D eigenvalue weighted by molar-refractivity contribution is 0.166. The maximum Gasteiger partial charge on any atom is 0.208 e. The second-order valence-corrected chi connectivity index (χ2v) is 8.33. The summed E-state index contributed by atoms with van der Waals surface area (Å²) >= 11 is 0. The topological polar surface area (TPSA) is 56.9 Å². The summed E-state index contributed by atoms with van der Waals surface area (Å²) in [5, 5.41) is 3.50. The molecule has 0 spiro atoms. The third kappa shape index (κ3) is 6.61. The number of hydrogen-bond acceptors (Lipinski definition) is 4. The molecule has 0 atom stereocenters. The summed E-state index contributed by atoms with van der Waals surface area (Å²) in [7, 11) is 0. The minimum absolute atomic E-state index is 0. The molecule has 3 heterocycles. The predicted octanol–water partition coefficient (Wildman–Crippen LogP) is 3.82. The van der Waals surface area contributed by atoms with Gasteiger partial charge in [0.25, 0.3) is 0 Å². The number of guanidine groups is 1. The molecule has 0 saturated carbocycles. The number of hydrogen-bond donors (Lipinski definition) is 1. The first-order valence-corrected chi connectivity index (χ1v) is 10.7. The van der Waals surface area contributed by atoms with Crippen LogP contribution in [-0.2, 0) is 6.54 Å². The number of halogens is 1. The molecule has 2 saturated heterocycles.